The van der Waals surface area contributed by atoms with Crippen LogP contribution in [0.3, 0.4) is 0 Å². The topological polar surface area (TPSA) is 53.4 Å². The van der Waals surface area contributed by atoms with E-state index in [0.717, 1.165) is 12.1 Å². The third-order valence-corrected chi connectivity index (χ3v) is 3.22. The van der Waals surface area contributed by atoms with Gasteiger partial charge in [-0.25, -0.2) is 9.48 Å². The maximum Gasteiger partial charge on any atom is 0.416 e. The first-order valence-electron chi connectivity index (χ1n) is 8.38. The summed E-state index contributed by atoms with van der Waals surface area (Å²) in [7, 11) is 0. The average molecular weight is 382 g/mol. The van der Waals surface area contributed by atoms with Gasteiger partial charge in [0.2, 0.25) is 0 Å². The molecule has 27 heavy (non-hydrogen) atoms. The van der Waals surface area contributed by atoms with Crippen molar-refractivity contribution in [3.63, 3.8) is 0 Å². The largest absolute Gasteiger partial charge is 0.491 e. The van der Waals surface area contributed by atoms with Crippen molar-refractivity contribution in [2.45, 2.75) is 46.1 Å². The summed E-state index contributed by atoms with van der Waals surface area (Å²) in [6, 6.07) is 5.02. The van der Waals surface area contributed by atoms with Crippen molar-refractivity contribution in [2.24, 2.45) is 0 Å². The fraction of sp³-hybridized carbons (Fsp3) is 0.368. The van der Waals surface area contributed by atoms with Crippen LogP contribution in [0.5, 0.6) is 5.75 Å². The number of hydrogen-bond donors (Lipinski definition) is 0. The smallest absolute Gasteiger partial charge is 0.416 e. The standard InChI is InChI=1S/C19H21F3N2O3/c1-12(2)26-16-10-14(9-15(11-16)19(20,21)22)17-5-7-24(23-17)8-6-18(25)27-13(3)4/h5-13H,1-4H3/b8-6-. The quantitative estimate of drug-likeness (QED) is 0.533. The Hall–Kier alpha value is -2.77. The van der Waals surface area contributed by atoms with Gasteiger partial charge in [0.25, 0.3) is 0 Å². The first-order valence-corrected chi connectivity index (χ1v) is 8.38. The summed E-state index contributed by atoms with van der Waals surface area (Å²) in [5.74, 6) is -0.422. The Morgan fingerprint density at radius 2 is 1.85 bits per heavy atom. The van der Waals surface area contributed by atoms with Gasteiger partial charge in [0, 0.05) is 24.0 Å². The van der Waals surface area contributed by atoms with Gasteiger partial charge in [-0.2, -0.15) is 18.3 Å². The molecule has 0 N–H and O–H groups in total. The van der Waals surface area contributed by atoms with Gasteiger partial charge >= 0.3 is 12.1 Å². The average Bonchev–Trinajstić information content (AvgIpc) is 2.99. The van der Waals surface area contributed by atoms with Crippen LogP contribution in [-0.4, -0.2) is 28.0 Å². The van der Waals surface area contributed by atoms with Crippen molar-refractivity contribution in [3.8, 4) is 17.0 Å². The number of rotatable bonds is 6. The lowest BCUT2D eigenvalue weighted by atomic mass is 10.1. The van der Waals surface area contributed by atoms with E-state index >= 15 is 0 Å². The zero-order chi connectivity index (χ0) is 20.2. The monoisotopic (exact) mass is 382 g/mol. The van der Waals surface area contributed by atoms with Gasteiger partial charge in [-0.3, -0.25) is 0 Å². The Bertz CT molecular complexity index is 824. The molecule has 0 aliphatic rings. The van der Waals surface area contributed by atoms with Crippen LogP contribution in [0.2, 0.25) is 0 Å². The molecule has 8 heteroatoms. The lowest BCUT2D eigenvalue weighted by Gasteiger charge is -2.14. The molecule has 2 aromatic rings. The Kier molecular flexibility index (Phi) is 6.30. The SMILES string of the molecule is CC(C)OC(=O)/C=C\n1ccc(-c2cc(OC(C)C)cc(C(F)(F)F)c2)n1. The summed E-state index contributed by atoms with van der Waals surface area (Å²) < 4.78 is 51.2. The molecule has 5 nitrogen and oxygen atoms in total. The van der Waals surface area contributed by atoms with Crippen molar-refractivity contribution < 1.29 is 27.4 Å². The number of carbonyl (C=O) groups excluding carboxylic acids is 1. The Labute approximate surface area is 155 Å². The van der Waals surface area contributed by atoms with Gasteiger partial charge in [0.1, 0.15) is 5.75 Å². The third-order valence-electron chi connectivity index (χ3n) is 3.22. The van der Waals surface area contributed by atoms with Gasteiger partial charge in [-0.1, -0.05) is 0 Å². The molecule has 1 aromatic carbocycles. The molecular formula is C19H21F3N2O3. The summed E-state index contributed by atoms with van der Waals surface area (Å²) in [4.78, 5) is 11.5. The van der Waals surface area contributed by atoms with Crippen LogP contribution in [0.1, 0.15) is 33.3 Å². The molecule has 0 unspecified atom stereocenters. The van der Waals surface area contributed by atoms with Crippen LogP contribution < -0.4 is 4.74 Å². The van der Waals surface area contributed by atoms with E-state index in [1.807, 2.05) is 0 Å². The van der Waals surface area contributed by atoms with E-state index in [1.165, 1.54) is 29.2 Å². The van der Waals surface area contributed by atoms with Crippen LogP contribution in [-0.2, 0) is 15.7 Å². The number of hydrogen-bond acceptors (Lipinski definition) is 4. The van der Waals surface area contributed by atoms with Gasteiger partial charge in [-0.05, 0) is 52.0 Å². The van der Waals surface area contributed by atoms with Crippen LogP contribution in [0.25, 0.3) is 17.5 Å². The zero-order valence-electron chi connectivity index (χ0n) is 15.4. The minimum atomic E-state index is -4.51. The number of alkyl halides is 3. The molecule has 0 fully saturated rings. The predicted molar refractivity (Wildman–Crippen MR) is 95.0 cm³/mol. The summed E-state index contributed by atoms with van der Waals surface area (Å²) in [5.41, 5.74) is -0.241. The summed E-state index contributed by atoms with van der Waals surface area (Å²) in [6.07, 6.45) is -0.941. The summed E-state index contributed by atoms with van der Waals surface area (Å²) >= 11 is 0. The minimum absolute atomic E-state index is 0.112. The maximum atomic E-state index is 13.2. The van der Waals surface area contributed by atoms with E-state index in [1.54, 1.807) is 33.8 Å². The number of ether oxygens (including phenoxy) is 2. The molecular weight excluding hydrogens is 361 g/mol. The van der Waals surface area contributed by atoms with Gasteiger partial charge in [0.15, 0.2) is 0 Å². The highest BCUT2D eigenvalue weighted by molar-refractivity contribution is 5.85. The lowest BCUT2D eigenvalue weighted by molar-refractivity contribution is -0.141. The number of nitrogens with zero attached hydrogens (tertiary/aromatic N) is 2. The van der Waals surface area contributed by atoms with Crippen molar-refractivity contribution >= 4 is 12.2 Å². The molecule has 1 aromatic heterocycles. The summed E-state index contributed by atoms with van der Waals surface area (Å²) in [5, 5.41) is 4.17. The Balaban J connectivity index is 2.31. The van der Waals surface area contributed by atoms with Crippen LogP contribution in [0.15, 0.2) is 36.5 Å². The molecule has 0 atom stereocenters. The normalized spacial score (nSPS) is 12.2. The van der Waals surface area contributed by atoms with E-state index in [2.05, 4.69) is 5.10 Å². The summed E-state index contributed by atoms with van der Waals surface area (Å²) in [6.45, 7) is 6.91. The van der Waals surface area contributed by atoms with E-state index in [4.69, 9.17) is 9.47 Å². The highest BCUT2D eigenvalue weighted by Gasteiger charge is 2.31. The van der Waals surface area contributed by atoms with Crippen molar-refractivity contribution in [1.29, 1.82) is 0 Å². The minimum Gasteiger partial charge on any atom is -0.491 e. The fourth-order valence-corrected chi connectivity index (χ4v) is 2.23. The first kappa shape index (κ1) is 20.5. The molecule has 0 aliphatic carbocycles. The molecule has 0 spiro atoms. The van der Waals surface area contributed by atoms with Crippen molar-refractivity contribution in [3.05, 3.63) is 42.1 Å². The number of esters is 1. The van der Waals surface area contributed by atoms with E-state index < -0.39 is 17.7 Å². The lowest BCUT2D eigenvalue weighted by Crippen LogP contribution is -2.09. The van der Waals surface area contributed by atoms with E-state index in [0.29, 0.717) is 5.69 Å². The molecule has 0 aliphatic heterocycles. The zero-order valence-corrected chi connectivity index (χ0v) is 15.4. The molecule has 0 bridgehead atoms. The van der Waals surface area contributed by atoms with Crippen LogP contribution >= 0.6 is 0 Å². The van der Waals surface area contributed by atoms with Crippen LogP contribution in [0.4, 0.5) is 13.2 Å². The second kappa shape index (κ2) is 8.28. The number of benzene rings is 1. The molecule has 0 amide bonds. The fourth-order valence-electron chi connectivity index (χ4n) is 2.23. The van der Waals surface area contributed by atoms with Gasteiger partial charge < -0.3 is 9.47 Å². The molecule has 1 heterocycles. The van der Waals surface area contributed by atoms with Crippen molar-refractivity contribution in [2.75, 3.05) is 0 Å². The molecule has 0 saturated heterocycles. The Morgan fingerprint density at radius 1 is 1.15 bits per heavy atom. The third kappa shape index (κ3) is 6.16. The second-order valence-electron chi connectivity index (χ2n) is 6.39. The van der Waals surface area contributed by atoms with E-state index in [9.17, 15) is 18.0 Å². The number of aromatic nitrogens is 2. The highest BCUT2D eigenvalue weighted by atomic mass is 19.4. The first-order chi connectivity index (χ1) is 12.5. The highest BCUT2D eigenvalue weighted by Crippen LogP contribution is 2.35. The Morgan fingerprint density at radius 3 is 2.44 bits per heavy atom. The molecule has 0 radical (unpaired) electrons. The van der Waals surface area contributed by atoms with Crippen molar-refractivity contribution in [1.82, 2.24) is 9.78 Å². The maximum absolute atomic E-state index is 13.2. The van der Waals surface area contributed by atoms with Gasteiger partial charge in [0.05, 0.1) is 23.5 Å². The number of carbonyl (C=O) groups is 1. The van der Waals surface area contributed by atoms with E-state index in [-0.39, 0.29) is 23.5 Å². The van der Waals surface area contributed by atoms with Gasteiger partial charge in [-0.15, -0.1) is 0 Å². The molecule has 2 rings (SSSR count). The molecule has 146 valence electrons. The predicted octanol–water partition coefficient (Wildman–Crippen LogP) is 4.78. The second-order valence-corrected chi connectivity index (χ2v) is 6.39. The number of halogens is 3. The van der Waals surface area contributed by atoms with Crippen LogP contribution in [0, 0.1) is 0 Å². The molecule has 0 saturated carbocycles.